The van der Waals surface area contributed by atoms with E-state index < -0.39 is 23.8 Å². The molecule has 0 radical (unpaired) electrons. The first-order valence-electron chi connectivity index (χ1n) is 10.3. The molecule has 8 nitrogen and oxygen atoms in total. The van der Waals surface area contributed by atoms with E-state index in [1.54, 1.807) is 12.1 Å². The molecular weight excluding hydrogens is 372 g/mol. The maximum absolute atomic E-state index is 13.0. The first kappa shape index (κ1) is 18.3. The summed E-state index contributed by atoms with van der Waals surface area (Å²) in [6.07, 6.45) is 3.81. The second-order valence-electron chi connectivity index (χ2n) is 8.63. The van der Waals surface area contributed by atoms with Gasteiger partial charge in [0.1, 0.15) is 6.04 Å². The summed E-state index contributed by atoms with van der Waals surface area (Å²) in [6, 6.07) is 4.46. The highest BCUT2D eigenvalue weighted by Crippen LogP contribution is 2.39. The van der Waals surface area contributed by atoms with Gasteiger partial charge in [-0.25, -0.2) is 0 Å². The van der Waals surface area contributed by atoms with Crippen LogP contribution in [0.1, 0.15) is 52.8 Å². The van der Waals surface area contributed by atoms with Crippen molar-refractivity contribution in [3.8, 4) is 0 Å². The van der Waals surface area contributed by atoms with Gasteiger partial charge < -0.3 is 10.2 Å². The number of hydrogen-bond donors (Lipinski definition) is 2. The molecule has 4 amide bonds. The molecule has 3 fully saturated rings. The number of imide groups is 2. The Hall–Kier alpha value is -2.74. The summed E-state index contributed by atoms with van der Waals surface area (Å²) in [6.45, 7) is 3.97. The Kier molecular flexibility index (Phi) is 4.20. The molecule has 0 bridgehead atoms. The van der Waals surface area contributed by atoms with Crippen LogP contribution in [0.2, 0.25) is 0 Å². The lowest BCUT2D eigenvalue weighted by Crippen LogP contribution is -2.54. The van der Waals surface area contributed by atoms with Crippen molar-refractivity contribution in [2.24, 2.45) is 5.41 Å². The Balaban J connectivity index is 1.39. The van der Waals surface area contributed by atoms with Crippen LogP contribution in [0.4, 0.5) is 5.69 Å². The number of piperidine rings is 2. The van der Waals surface area contributed by atoms with Crippen molar-refractivity contribution >= 4 is 29.3 Å². The van der Waals surface area contributed by atoms with Crippen LogP contribution >= 0.6 is 0 Å². The van der Waals surface area contributed by atoms with Crippen LogP contribution in [0.15, 0.2) is 18.2 Å². The summed E-state index contributed by atoms with van der Waals surface area (Å²) in [5.41, 5.74) is 1.91. The zero-order valence-electron chi connectivity index (χ0n) is 16.2. The molecule has 29 heavy (non-hydrogen) atoms. The molecule has 1 spiro atoms. The van der Waals surface area contributed by atoms with Crippen molar-refractivity contribution < 1.29 is 19.2 Å². The van der Waals surface area contributed by atoms with E-state index in [-0.39, 0.29) is 24.2 Å². The van der Waals surface area contributed by atoms with Crippen molar-refractivity contribution in [3.63, 3.8) is 0 Å². The Labute approximate surface area is 168 Å². The molecule has 2 N–H and O–H groups in total. The number of fused-ring (bicyclic) bond motifs is 1. The number of carbonyl (C=O) groups excluding carboxylic acids is 4. The zero-order valence-corrected chi connectivity index (χ0v) is 16.2. The van der Waals surface area contributed by atoms with E-state index >= 15 is 0 Å². The highest BCUT2D eigenvalue weighted by atomic mass is 16.2. The van der Waals surface area contributed by atoms with Gasteiger partial charge in [-0.15, -0.1) is 0 Å². The Morgan fingerprint density at radius 2 is 1.86 bits per heavy atom. The fourth-order valence-corrected chi connectivity index (χ4v) is 5.19. The Bertz CT molecular complexity index is 921. The molecule has 4 aliphatic rings. The first-order valence-corrected chi connectivity index (χ1v) is 10.3. The van der Waals surface area contributed by atoms with Gasteiger partial charge in [-0.1, -0.05) is 0 Å². The van der Waals surface area contributed by atoms with E-state index in [2.05, 4.69) is 15.5 Å². The summed E-state index contributed by atoms with van der Waals surface area (Å²) in [5.74, 6) is -1.86. The molecule has 5 rings (SSSR count). The van der Waals surface area contributed by atoms with E-state index in [0.29, 0.717) is 11.1 Å². The fourth-order valence-electron chi connectivity index (χ4n) is 5.19. The molecule has 4 heterocycles. The molecule has 2 unspecified atom stereocenters. The molecular formula is C21H24N4O4. The summed E-state index contributed by atoms with van der Waals surface area (Å²) < 4.78 is 0. The van der Waals surface area contributed by atoms with Gasteiger partial charge in [0.05, 0.1) is 11.1 Å². The highest BCUT2D eigenvalue weighted by molar-refractivity contribution is 6.23. The fraction of sp³-hybridized carbons (Fsp3) is 0.524. The number of nitrogens with zero attached hydrogens (tertiary/aromatic N) is 2. The van der Waals surface area contributed by atoms with Crippen LogP contribution in [-0.2, 0) is 9.59 Å². The number of carbonyl (C=O) groups is 4. The van der Waals surface area contributed by atoms with Gasteiger partial charge in [-0.2, -0.15) is 0 Å². The third kappa shape index (κ3) is 2.93. The quantitative estimate of drug-likeness (QED) is 0.713. The largest absolute Gasteiger partial charge is 0.371 e. The molecule has 0 aromatic heterocycles. The summed E-state index contributed by atoms with van der Waals surface area (Å²) >= 11 is 0. The van der Waals surface area contributed by atoms with E-state index in [1.165, 1.54) is 12.8 Å². The van der Waals surface area contributed by atoms with Gasteiger partial charge >= 0.3 is 0 Å². The van der Waals surface area contributed by atoms with Crippen LogP contribution in [0, 0.1) is 5.41 Å². The minimum Gasteiger partial charge on any atom is -0.371 e. The predicted octanol–water partition coefficient (Wildman–Crippen LogP) is 0.668. The predicted molar refractivity (Wildman–Crippen MR) is 104 cm³/mol. The molecule has 3 saturated heterocycles. The minimum atomic E-state index is -0.924. The summed E-state index contributed by atoms with van der Waals surface area (Å²) in [5, 5.41) is 5.72. The van der Waals surface area contributed by atoms with E-state index in [9.17, 15) is 19.2 Å². The molecule has 2 atom stereocenters. The van der Waals surface area contributed by atoms with Gasteiger partial charge in [-0.3, -0.25) is 29.4 Å². The van der Waals surface area contributed by atoms with Crippen molar-refractivity contribution in [1.29, 1.82) is 0 Å². The second kappa shape index (κ2) is 6.66. The smallest absolute Gasteiger partial charge is 0.262 e. The third-order valence-corrected chi connectivity index (χ3v) is 6.79. The number of hydrogen-bond acceptors (Lipinski definition) is 6. The van der Waals surface area contributed by atoms with E-state index in [1.807, 2.05) is 6.07 Å². The van der Waals surface area contributed by atoms with Crippen LogP contribution in [0.3, 0.4) is 0 Å². The van der Waals surface area contributed by atoms with Crippen LogP contribution in [-0.4, -0.2) is 60.7 Å². The molecule has 0 saturated carbocycles. The number of benzene rings is 1. The summed E-state index contributed by atoms with van der Waals surface area (Å²) in [7, 11) is 0. The van der Waals surface area contributed by atoms with Crippen molar-refractivity contribution in [2.75, 3.05) is 31.1 Å². The van der Waals surface area contributed by atoms with E-state index in [0.717, 1.165) is 43.2 Å². The maximum atomic E-state index is 13.0. The van der Waals surface area contributed by atoms with Crippen LogP contribution < -0.4 is 15.5 Å². The van der Waals surface area contributed by atoms with E-state index in [4.69, 9.17) is 0 Å². The van der Waals surface area contributed by atoms with Crippen LogP contribution in [0.25, 0.3) is 0 Å². The number of amides is 4. The molecule has 8 heteroatoms. The topological polar surface area (TPSA) is 98.8 Å². The lowest BCUT2D eigenvalue weighted by Gasteiger charge is -2.34. The molecule has 1 aromatic rings. The van der Waals surface area contributed by atoms with Gasteiger partial charge in [-0.05, 0) is 50.4 Å². The molecule has 1 aromatic carbocycles. The minimum absolute atomic E-state index is 0.124. The Morgan fingerprint density at radius 3 is 2.62 bits per heavy atom. The maximum Gasteiger partial charge on any atom is 0.262 e. The SMILES string of the molecule is O=C1CCC(N2C(=O)c3ccc(N4CCC5(CCCNC5)C4)cc3C2=O)C(=O)N1. The number of rotatable bonds is 2. The standard InChI is InChI=1S/C21H24N4O4/c26-17-5-4-16(18(27)23-17)25-19(28)14-3-2-13(10-15(14)20(25)29)24-9-7-21(12-24)6-1-8-22-11-21/h2-3,10,16,22H,1,4-9,11-12H2,(H,23,26,27). The average Bonchev–Trinajstić information content (AvgIpc) is 3.22. The Morgan fingerprint density at radius 1 is 1.03 bits per heavy atom. The average molecular weight is 396 g/mol. The number of anilines is 1. The molecule has 0 aliphatic carbocycles. The van der Waals surface area contributed by atoms with Crippen LogP contribution in [0.5, 0.6) is 0 Å². The first-order chi connectivity index (χ1) is 14.0. The van der Waals surface area contributed by atoms with Gasteiger partial charge in [0.25, 0.3) is 11.8 Å². The van der Waals surface area contributed by atoms with Crippen molar-refractivity contribution in [1.82, 2.24) is 15.5 Å². The van der Waals surface area contributed by atoms with Crippen molar-refractivity contribution in [3.05, 3.63) is 29.3 Å². The van der Waals surface area contributed by atoms with Gasteiger partial charge in [0, 0.05) is 37.2 Å². The second-order valence-corrected chi connectivity index (χ2v) is 8.63. The number of nitrogens with one attached hydrogen (secondary N) is 2. The summed E-state index contributed by atoms with van der Waals surface area (Å²) in [4.78, 5) is 52.7. The lowest BCUT2D eigenvalue weighted by molar-refractivity contribution is -0.136. The third-order valence-electron chi connectivity index (χ3n) is 6.79. The lowest BCUT2D eigenvalue weighted by atomic mass is 9.80. The van der Waals surface area contributed by atoms with Gasteiger partial charge in [0.2, 0.25) is 11.8 Å². The molecule has 4 aliphatic heterocycles. The normalized spacial score (nSPS) is 29.6. The molecule has 152 valence electrons. The van der Waals surface area contributed by atoms with Gasteiger partial charge in [0.15, 0.2) is 0 Å². The van der Waals surface area contributed by atoms with Crippen molar-refractivity contribution in [2.45, 2.75) is 38.1 Å². The zero-order chi connectivity index (χ0) is 20.2. The monoisotopic (exact) mass is 396 g/mol. The highest BCUT2D eigenvalue weighted by Gasteiger charge is 2.45.